The number of rotatable bonds is 6. The first kappa shape index (κ1) is 17.8. The van der Waals surface area contributed by atoms with E-state index >= 15 is 0 Å². The average Bonchev–Trinajstić information content (AvgIpc) is 3.21. The van der Waals surface area contributed by atoms with Crippen LogP contribution in [0.2, 0.25) is 0 Å². The molecule has 1 aromatic heterocycles. The van der Waals surface area contributed by atoms with Crippen molar-refractivity contribution in [3.63, 3.8) is 0 Å². The Balaban J connectivity index is 1.34. The van der Waals surface area contributed by atoms with Crippen LogP contribution < -0.4 is 20.1 Å². The Hall–Kier alpha value is -3.61. The number of benzene rings is 2. The van der Waals surface area contributed by atoms with Crippen LogP contribution in [0.4, 0.5) is 5.95 Å². The SMILES string of the molecule is CC(NC(=O)c1cnc(NCc2ccc3c(c2)OCO3)nc1)c1ccccc1. The number of amides is 1. The molecule has 2 heterocycles. The number of hydrogen-bond donors (Lipinski definition) is 2. The van der Waals surface area contributed by atoms with Crippen molar-refractivity contribution in [2.24, 2.45) is 0 Å². The fourth-order valence-corrected chi connectivity index (χ4v) is 2.87. The van der Waals surface area contributed by atoms with Crippen LogP contribution in [0.3, 0.4) is 0 Å². The van der Waals surface area contributed by atoms with Crippen LogP contribution in [-0.4, -0.2) is 22.7 Å². The Bertz CT molecular complexity index is 961. The molecule has 0 bridgehead atoms. The molecule has 7 nitrogen and oxygen atoms in total. The molecule has 0 aliphatic carbocycles. The number of carbonyl (C=O) groups excluding carboxylic acids is 1. The van der Waals surface area contributed by atoms with E-state index in [2.05, 4.69) is 20.6 Å². The summed E-state index contributed by atoms with van der Waals surface area (Å²) < 4.78 is 10.7. The normalized spacial score (nSPS) is 13.0. The smallest absolute Gasteiger partial charge is 0.254 e. The van der Waals surface area contributed by atoms with Gasteiger partial charge in [0.2, 0.25) is 12.7 Å². The minimum Gasteiger partial charge on any atom is -0.454 e. The van der Waals surface area contributed by atoms with Gasteiger partial charge in [-0.1, -0.05) is 36.4 Å². The number of nitrogens with zero attached hydrogens (tertiary/aromatic N) is 2. The highest BCUT2D eigenvalue weighted by Crippen LogP contribution is 2.32. The molecule has 1 unspecified atom stereocenters. The lowest BCUT2D eigenvalue weighted by atomic mass is 10.1. The molecule has 1 aliphatic rings. The van der Waals surface area contributed by atoms with Gasteiger partial charge in [-0.15, -0.1) is 0 Å². The summed E-state index contributed by atoms with van der Waals surface area (Å²) in [6.07, 6.45) is 3.03. The van der Waals surface area contributed by atoms with Crippen LogP contribution in [0.5, 0.6) is 11.5 Å². The first-order valence-electron chi connectivity index (χ1n) is 8.99. The maximum Gasteiger partial charge on any atom is 0.254 e. The summed E-state index contributed by atoms with van der Waals surface area (Å²) in [5.41, 5.74) is 2.47. The molecular formula is C21H20N4O3. The average molecular weight is 376 g/mol. The van der Waals surface area contributed by atoms with Crippen molar-refractivity contribution < 1.29 is 14.3 Å². The monoisotopic (exact) mass is 376 g/mol. The third-order valence-electron chi connectivity index (χ3n) is 4.45. The summed E-state index contributed by atoms with van der Waals surface area (Å²) in [5.74, 6) is 1.73. The fourth-order valence-electron chi connectivity index (χ4n) is 2.87. The fraction of sp³-hybridized carbons (Fsp3) is 0.190. The molecule has 1 aliphatic heterocycles. The van der Waals surface area contributed by atoms with Gasteiger partial charge in [-0.05, 0) is 30.2 Å². The van der Waals surface area contributed by atoms with Crippen molar-refractivity contribution in [3.05, 3.63) is 77.6 Å². The van der Waals surface area contributed by atoms with E-state index in [0.717, 1.165) is 22.6 Å². The molecule has 28 heavy (non-hydrogen) atoms. The maximum absolute atomic E-state index is 12.4. The van der Waals surface area contributed by atoms with Gasteiger partial charge >= 0.3 is 0 Å². The number of carbonyl (C=O) groups is 1. The number of ether oxygens (including phenoxy) is 2. The van der Waals surface area contributed by atoms with Gasteiger partial charge in [-0.3, -0.25) is 4.79 Å². The minimum absolute atomic E-state index is 0.0995. The lowest BCUT2D eigenvalue weighted by molar-refractivity contribution is 0.0939. The van der Waals surface area contributed by atoms with Gasteiger partial charge in [0, 0.05) is 18.9 Å². The molecule has 0 fully saturated rings. The second kappa shape index (κ2) is 7.96. The first-order valence-corrected chi connectivity index (χ1v) is 8.99. The van der Waals surface area contributed by atoms with E-state index in [1.165, 1.54) is 12.4 Å². The second-order valence-electron chi connectivity index (χ2n) is 6.44. The zero-order valence-electron chi connectivity index (χ0n) is 15.4. The summed E-state index contributed by atoms with van der Waals surface area (Å²) in [7, 11) is 0. The highest BCUT2D eigenvalue weighted by Gasteiger charge is 2.14. The highest BCUT2D eigenvalue weighted by atomic mass is 16.7. The molecule has 0 saturated carbocycles. The second-order valence-corrected chi connectivity index (χ2v) is 6.44. The molecule has 7 heteroatoms. The number of hydrogen-bond acceptors (Lipinski definition) is 6. The van der Waals surface area contributed by atoms with Crippen LogP contribution in [0, 0.1) is 0 Å². The van der Waals surface area contributed by atoms with E-state index < -0.39 is 0 Å². The van der Waals surface area contributed by atoms with Gasteiger partial charge in [0.1, 0.15) is 0 Å². The number of aromatic nitrogens is 2. The number of anilines is 1. The molecule has 1 amide bonds. The van der Waals surface area contributed by atoms with Crippen molar-refractivity contribution in [1.29, 1.82) is 0 Å². The van der Waals surface area contributed by atoms with E-state index in [1.807, 2.05) is 55.5 Å². The van der Waals surface area contributed by atoms with Crippen LogP contribution >= 0.6 is 0 Å². The molecule has 4 rings (SSSR count). The topological polar surface area (TPSA) is 85.4 Å². The van der Waals surface area contributed by atoms with Crippen LogP contribution in [0.15, 0.2) is 60.9 Å². The van der Waals surface area contributed by atoms with Crippen molar-refractivity contribution >= 4 is 11.9 Å². The largest absolute Gasteiger partial charge is 0.454 e. The van der Waals surface area contributed by atoms with Crippen molar-refractivity contribution in [2.75, 3.05) is 12.1 Å². The summed E-state index contributed by atoms with van der Waals surface area (Å²) >= 11 is 0. The van der Waals surface area contributed by atoms with Crippen molar-refractivity contribution in [2.45, 2.75) is 19.5 Å². The predicted octanol–water partition coefficient (Wildman–Crippen LogP) is 3.31. The Morgan fingerprint density at radius 1 is 1.07 bits per heavy atom. The van der Waals surface area contributed by atoms with Gasteiger partial charge in [-0.25, -0.2) is 9.97 Å². The third kappa shape index (κ3) is 4.03. The summed E-state index contributed by atoms with van der Waals surface area (Å²) in [4.78, 5) is 20.8. The lowest BCUT2D eigenvalue weighted by Gasteiger charge is -2.14. The van der Waals surface area contributed by atoms with Gasteiger partial charge in [0.15, 0.2) is 11.5 Å². The first-order chi connectivity index (χ1) is 13.7. The Labute approximate surface area is 162 Å². The molecule has 0 saturated heterocycles. The quantitative estimate of drug-likeness (QED) is 0.687. The number of nitrogens with one attached hydrogen (secondary N) is 2. The van der Waals surface area contributed by atoms with Crippen molar-refractivity contribution in [1.82, 2.24) is 15.3 Å². The van der Waals surface area contributed by atoms with E-state index in [9.17, 15) is 4.79 Å². The standard InChI is InChI=1S/C21H20N4O3/c1-14(16-5-3-2-4-6-16)25-20(26)17-11-23-21(24-12-17)22-10-15-7-8-18-19(9-15)28-13-27-18/h2-9,11-12,14H,10,13H2,1H3,(H,25,26)(H,22,23,24). The third-order valence-corrected chi connectivity index (χ3v) is 4.45. The van der Waals surface area contributed by atoms with Crippen LogP contribution in [0.1, 0.15) is 34.5 Å². The molecule has 3 aromatic rings. The van der Waals surface area contributed by atoms with Crippen molar-refractivity contribution in [3.8, 4) is 11.5 Å². The Kier molecular flexibility index (Phi) is 5.05. The van der Waals surface area contributed by atoms with Crippen LogP contribution in [0.25, 0.3) is 0 Å². The molecule has 0 radical (unpaired) electrons. The van der Waals surface area contributed by atoms with Crippen LogP contribution in [-0.2, 0) is 6.54 Å². The summed E-state index contributed by atoms with van der Waals surface area (Å²) in [6, 6.07) is 15.4. The lowest BCUT2D eigenvalue weighted by Crippen LogP contribution is -2.26. The summed E-state index contributed by atoms with van der Waals surface area (Å²) in [5, 5.41) is 6.08. The Morgan fingerprint density at radius 2 is 1.82 bits per heavy atom. The van der Waals surface area contributed by atoms with Gasteiger partial charge in [-0.2, -0.15) is 0 Å². The predicted molar refractivity (Wildman–Crippen MR) is 104 cm³/mol. The molecule has 2 aromatic carbocycles. The molecular weight excluding hydrogens is 356 g/mol. The minimum atomic E-state index is -0.210. The molecule has 1 atom stereocenters. The van der Waals surface area contributed by atoms with Gasteiger partial charge in [0.25, 0.3) is 5.91 Å². The van der Waals surface area contributed by atoms with E-state index in [1.54, 1.807) is 0 Å². The Morgan fingerprint density at radius 3 is 2.61 bits per heavy atom. The van der Waals surface area contributed by atoms with E-state index in [0.29, 0.717) is 18.1 Å². The zero-order chi connectivity index (χ0) is 19.3. The summed E-state index contributed by atoms with van der Waals surface area (Å²) in [6.45, 7) is 2.73. The van der Waals surface area contributed by atoms with E-state index in [-0.39, 0.29) is 18.7 Å². The maximum atomic E-state index is 12.4. The molecule has 0 spiro atoms. The number of fused-ring (bicyclic) bond motifs is 1. The molecule has 142 valence electrons. The van der Waals surface area contributed by atoms with E-state index in [4.69, 9.17) is 9.47 Å². The van der Waals surface area contributed by atoms with Gasteiger partial charge in [0.05, 0.1) is 11.6 Å². The zero-order valence-corrected chi connectivity index (χ0v) is 15.4. The van der Waals surface area contributed by atoms with Gasteiger partial charge < -0.3 is 20.1 Å². The highest BCUT2D eigenvalue weighted by molar-refractivity contribution is 5.93. The molecule has 2 N–H and O–H groups in total.